The summed E-state index contributed by atoms with van der Waals surface area (Å²) in [4.78, 5) is 0. The Labute approximate surface area is 87.0 Å². The van der Waals surface area contributed by atoms with Crippen molar-refractivity contribution in [2.45, 2.75) is 45.1 Å². The molecule has 0 aromatic rings. The summed E-state index contributed by atoms with van der Waals surface area (Å²) in [6, 6.07) is 0.242. The van der Waals surface area contributed by atoms with Crippen LogP contribution >= 0.6 is 0 Å². The van der Waals surface area contributed by atoms with Gasteiger partial charge in [-0.15, -0.1) is 0 Å². The van der Waals surface area contributed by atoms with E-state index in [1.54, 1.807) is 0 Å². The summed E-state index contributed by atoms with van der Waals surface area (Å²) in [5.41, 5.74) is 5.89. The topological polar surface area (TPSA) is 60.2 Å². The number of nitrogens with two attached hydrogens (primary N) is 1. The van der Waals surface area contributed by atoms with Gasteiger partial charge in [0.05, 0.1) is 5.75 Å². The zero-order valence-electron chi connectivity index (χ0n) is 8.91. The second-order valence-electron chi connectivity index (χ2n) is 4.30. The highest BCUT2D eigenvalue weighted by molar-refractivity contribution is 7.91. The van der Waals surface area contributed by atoms with E-state index in [9.17, 15) is 8.42 Å². The Balaban J connectivity index is 2.13. The van der Waals surface area contributed by atoms with Gasteiger partial charge < -0.3 is 5.73 Å². The minimum Gasteiger partial charge on any atom is -0.327 e. The highest BCUT2D eigenvalue weighted by Gasteiger charge is 2.28. The van der Waals surface area contributed by atoms with Crippen molar-refractivity contribution in [3.8, 4) is 0 Å². The lowest BCUT2D eigenvalue weighted by molar-refractivity contribution is 0.536. The van der Waals surface area contributed by atoms with Crippen molar-refractivity contribution in [2.75, 3.05) is 11.5 Å². The van der Waals surface area contributed by atoms with Crippen molar-refractivity contribution in [3.63, 3.8) is 0 Å². The lowest BCUT2D eigenvalue weighted by atomic mass is 10.1. The van der Waals surface area contributed by atoms with Gasteiger partial charge in [-0.3, -0.25) is 0 Å². The molecule has 0 aliphatic heterocycles. The molecule has 0 aromatic carbocycles. The van der Waals surface area contributed by atoms with Crippen molar-refractivity contribution in [1.29, 1.82) is 0 Å². The van der Waals surface area contributed by atoms with Crippen molar-refractivity contribution in [3.05, 3.63) is 0 Å². The third-order valence-electron chi connectivity index (χ3n) is 2.74. The fourth-order valence-corrected chi connectivity index (χ4v) is 3.14. The van der Waals surface area contributed by atoms with Gasteiger partial charge in [-0.1, -0.05) is 6.92 Å². The number of hydrogen-bond acceptors (Lipinski definition) is 3. The first-order chi connectivity index (χ1) is 6.55. The maximum Gasteiger partial charge on any atom is 0.150 e. The molecule has 0 bridgehead atoms. The molecule has 0 aromatic heterocycles. The highest BCUT2D eigenvalue weighted by Crippen LogP contribution is 2.33. The first-order valence-electron chi connectivity index (χ1n) is 5.51. The average Bonchev–Trinajstić information content (AvgIpc) is 2.85. The van der Waals surface area contributed by atoms with Gasteiger partial charge in [0.15, 0.2) is 0 Å². The van der Waals surface area contributed by atoms with Gasteiger partial charge in [0.1, 0.15) is 9.84 Å². The Morgan fingerprint density at radius 2 is 2.00 bits per heavy atom. The smallest absolute Gasteiger partial charge is 0.150 e. The molecule has 1 atom stereocenters. The maximum atomic E-state index is 11.4. The van der Waals surface area contributed by atoms with Crippen LogP contribution in [0.1, 0.15) is 39.0 Å². The standard InChI is InChI=1S/C10H21NO2S/c1-2-7-14(12,13)8-3-4-10(11)9-5-6-9/h9-10H,2-8,11H2,1H3. The molecule has 1 aliphatic rings. The molecular formula is C10H21NO2S. The fraction of sp³-hybridized carbons (Fsp3) is 1.00. The molecule has 1 unspecified atom stereocenters. The zero-order chi connectivity index (χ0) is 10.6. The fourth-order valence-electron chi connectivity index (χ4n) is 1.71. The largest absolute Gasteiger partial charge is 0.327 e. The minimum atomic E-state index is -2.79. The van der Waals surface area contributed by atoms with Crippen LogP contribution in [-0.4, -0.2) is 26.0 Å². The van der Waals surface area contributed by atoms with E-state index in [0.29, 0.717) is 17.4 Å². The van der Waals surface area contributed by atoms with Crippen LogP contribution in [0.2, 0.25) is 0 Å². The molecule has 0 spiro atoms. The highest BCUT2D eigenvalue weighted by atomic mass is 32.2. The summed E-state index contributed by atoms with van der Waals surface area (Å²) in [6.45, 7) is 1.90. The van der Waals surface area contributed by atoms with Gasteiger partial charge in [0.25, 0.3) is 0 Å². The molecule has 0 heterocycles. The van der Waals surface area contributed by atoms with Gasteiger partial charge in [0.2, 0.25) is 0 Å². The summed E-state index contributed by atoms with van der Waals surface area (Å²) >= 11 is 0. The minimum absolute atomic E-state index is 0.242. The first-order valence-corrected chi connectivity index (χ1v) is 7.33. The second-order valence-corrected chi connectivity index (χ2v) is 6.60. The van der Waals surface area contributed by atoms with Crippen LogP contribution in [0, 0.1) is 5.92 Å². The zero-order valence-corrected chi connectivity index (χ0v) is 9.72. The van der Waals surface area contributed by atoms with E-state index >= 15 is 0 Å². The molecule has 0 amide bonds. The van der Waals surface area contributed by atoms with E-state index in [1.165, 1.54) is 12.8 Å². The van der Waals surface area contributed by atoms with Crippen LogP contribution in [0.5, 0.6) is 0 Å². The normalized spacial score (nSPS) is 19.6. The van der Waals surface area contributed by atoms with E-state index < -0.39 is 9.84 Å². The molecule has 1 fully saturated rings. The van der Waals surface area contributed by atoms with Crippen molar-refractivity contribution >= 4 is 9.84 Å². The van der Waals surface area contributed by atoms with E-state index in [2.05, 4.69) is 0 Å². The molecule has 2 N–H and O–H groups in total. The Morgan fingerprint density at radius 3 is 2.50 bits per heavy atom. The van der Waals surface area contributed by atoms with Crippen LogP contribution in [0.4, 0.5) is 0 Å². The van der Waals surface area contributed by atoms with Crippen LogP contribution < -0.4 is 5.73 Å². The monoisotopic (exact) mass is 219 g/mol. The quantitative estimate of drug-likeness (QED) is 0.702. The molecule has 0 saturated heterocycles. The molecular weight excluding hydrogens is 198 g/mol. The van der Waals surface area contributed by atoms with Crippen LogP contribution in [0.3, 0.4) is 0 Å². The summed E-state index contributed by atoms with van der Waals surface area (Å²) in [5.74, 6) is 1.33. The number of hydrogen-bond donors (Lipinski definition) is 1. The van der Waals surface area contributed by atoms with Gasteiger partial charge in [-0.25, -0.2) is 8.42 Å². The summed E-state index contributed by atoms with van der Waals surface area (Å²) < 4.78 is 22.7. The van der Waals surface area contributed by atoms with Crippen LogP contribution in [0.25, 0.3) is 0 Å². The van der Waals surface area contributed by atoms with Crippen molar-refractivity contribution < 1.29 is 8.42 Å². The van der Waals surface area contributed by atoms with Gasteiger partial charge in [0, 0.05) is 11.8 Å². The lowest BCUT2D eigenvalue weighted by Crippen LogP contribution is -2.23. The molecule has 3 nitrogen and oxygen atoms in total. The average molecular weight is 219 g/mol. The Kier molecular flexibility index (Phi) is 4.38. The van der Waals surface area contributed by atoms with Gasteiger partial charge in [-0.05, 0) is 38.0 Å². The summed E-state index contributed by atoms with van der Waals surface area (Å²) in [6.07, 6.45) is 4.80. The lowest BCUT2D eigenvalue weighted by Gasteiger charge is -2.09. The SMILES string of the molecule is CCCS(=O)(=O)CCCC(N)C1CC1. The molecule has 1 saturated carbocycles. The molecule has 84 valence electrons. The van der Waals surface area contributed by atoms with Gasteiger partial charge in [-0.2, -0.15) is 0 Å². The van der Waals surface area contributed by atoms with Crippen LogP contribution in [0.15, 0.2) is 0 Å². The Morgan fingerprint density at radius 1 is 1.36 bits per heavy atom. The number of sulfone groups is 1. The molecule has 4 heteroatoms. The summed E-state index contributed by atoms with van der Waals surface area (Å²) in [5, 5.41) is 0. The second kappa shape index (κ2) is 5.12. The predicted octanol–water partition coefficient (Wildman–Crippen LogP) is 1.33. The predicted molar refractivity (Wildman–Crippen MR) is 58.9 cm³/mol. The Bertz CT molecular complexity index is 257. The molecule has 1 rings (SSSR count). The van der Waals surface area contributed by atoms with Gasteiger partial charge >= 0.3 is 0 Å². The molecule has 1 aliphatic carbocycles. The van der Waals surface area contributed by atoms with E-state index in [4.69, 9.17) is 5.73 Å². The molecule has 14 heavy (non-hydrogen) atoms. The first kappa shape index (κ1) is 12.0. The molecule has 0 radical (unpaired) electrons. The van der Waals surface area contributed by atoms with E-state index in [-0.39, 0.29) is 6.04 Å². The third kappa shape index (κ3) is 4.42. The summed E-state index contributed by atoms with van der Waals surface area (Å²) in [7, 11) is -2.79. The number of rotatable bonds is 7. The van der Waals surface area contributed by atoms with E-state index in [0.717, 1.165) is 19.3 Å². The van der Waals surface area contributed by atoms with Crippen LogP contribution in [-0.2, 0) is 9.84 Å². The Hall–Kier alpha value is -0.0900. The van der Waals surface area contributed by atoms with Crippen molar-refractivity contribution in [2.24, 2.45) is 11.7 Å². The third-order valence-corrected chi connectivity index (χ3v) is 4.68. The maximum absolute atomic E-state index is 11.4. The van der Waals surface area contributed by atoms with E-state index in [1.807, 2.05) is 6.92 Å². The van der Waals surface area contributed by atoms with Crippen molar-refractivity contribution in [1.82, 2.24) is 0 Å².